The minimum absolute atomic E-state index is 0.764. The van der Waals surface area contributed by atoms with Crippen LogP contribution in [0.2, 0.25) is 0 Å². The quantitative estimate of drug-likeness (QED) is 0.460. The maximum atomic E-state index is 8.49. The lowest BCUT2D eigenvalue weighted by molar-refractivity contribution is -2.00. The van der Waals surface area contributed by atoms with Gasteiger partial charge in [0.15, 0.2) is 6.21 Å². The van der Waals surface area contributed by atoms with Crippen molar-refractivity contribution < 1.29 is 38.2 Å². The van der Waals surface area contributed by atoms with E-state index < -0.39 is 10.2 Å². The molecule has 7 heteroatoms. The molecule has 0 amide bonds. The summed E-state index contributed by atoms with van der Waals surface area (Å²) in [5.41, 5.74) is 0. The highest BCUT2D eigenvalue weighted by Gasteiger charge is 2.08. The van der Waals surface area contributed by atoms with Gasteiger partial charge in [0.05, 0.1) is 0 Å². The van der Waals surface area contributed by atoms with Crippen LogP contribution in [-0.2, 0) is 4.74 Å². The minimum atomic E-state index is -4.94. The molecule has 15 heavy (non-hydrogen) atoms. The van der Waals surface area contributed by atoms with E-state index in [9.17, 15) is 0 Å². The SMILES string of the molecule is COCC=[N+]1CCCCC1.[O-][Cl+3]([O-])([O-])[O-]. The van der Waals surface area contributed by atoms with Gasteiger partial charge in [0.2, 0.25) is 0 Å². The Morgan fingerprint density at radius 3 is 2.00 bits per heavy atom. The van der Waals surface area contributed by atoms with Gasteiger partial charge < -0.3 is 4.74 Å². The highest BCUT2D eigenvalue weighted by Crippen LogP contribution is 2.02. The van der Waals surface area contributed by atoms with Gasteiger partial charge in [-0.25, -0.2) is 23.2 Å². The molecule has 0 saturated carbocycles. The molecule has 1 aliphatic heterocycles. The lowest BCUT2D eigenvalue weighted by atomic mass is 10.2. The molecule has 1 heterocycles. The number of nitrogens with zero attached hydrogens (tertiary/aromatic N) is 1. The third kappa shape index (κ3) is 13.8. The van der Waals surface area contributed by atoms with Crippen molar-refractivity contribution in [2.24, 2.45) is 0 Å². The Kier molecular flexibility index (Phi) is 7.85. The van der Waals surface area contributed by atoms with E-state index in [-0.39, 0.29) is 0 Å². The minimum Gasteiger partial charge on any atom is -0.374 e. The van der Waals surface area contributed by atoms with E-state index in [0.29, 0.717) is 0 Å². The van der Waals surface area contributed by atoms with Gasteiger partial charge in [-0.15, -0.1) is 10.2 Å². The van der Waals surface area contributed by atoms with Crippen molar-refractivity contribution in [1.29, 1.82) is 0 Å². The van der Waals surface area contributed by atoms with E-state index in [1.807, 2.05) is 0 Å². The van der Waals surface area contributed by atoms with Crippen LogP contribution in [0, 0.1) is 10.2 Å². The average molecular weight is 242 g/mol. The van der Waals surface area contributed by atoms with Gasteiger partial charge in [-0.1, -0.05) is 0 Å². The topological polar surface area (TPSA) is 104 Å². The predicted octanol–water partition coefficient (Wildman–Crippen LogP) is -3.86. The first-order chi connectivity index (χ1) is 6.93. The van der Waals surface area contributed by atoms with Gasteiger partial charge in [0, 0.05) is 20.0 Å². The van der Waals surface area contributed by atoms with Crippen molar-refractivity contribution in [3.8, 4) is 0 Å². The lowest BCUT2D eigenvalue weighted by Crippen LogP contribution is -2.68. The summed E-state index contributed by atoms with van der Waals surface area (Å²) in [5, 5.41) is 0. The molecule has 0 unspecified atom stereocenters. The van der Waals surface area contributed by atoms with Gasteiger partial charge in [0.25, 0.3) is 0 Å². The zero-order chi connectivity index (χ0) is 11.7. The van der Waals surface area contributed by atoms with Crippen LogP contribution in [-0.4, -0.2) is 37.6 Å². The highest BCUT2D eigenvalue weighted by molar-refractivity contribution is 5.52. The Labute approximate surface area is 91.2 Å². The number of ether oxygens (including phenoxy) is 1. The summed E-state index contributed by atoms with van der Waals surface area (Å²) in [6, 6.07) is 0. The first-order valence-corrected chi connectivity index (χ1v) is 5.85. The summed E-state index contributed by atoms with van der Waals surface area (Å²) >= 11 is 0. The summed E-state index contributed by atoms with van der Waals surface area (Å²) < 4.78 is 41.3. The molecule has 1 saturated heterocycles. The third-order valence-corrected chi connectivity index (χ3v) is 1.89. The molecule has 90 valence electrons. The van der Waals surface area contributed by atoms with Crippen molar-refractivity contribution >= 4 is 6.21 Å². The third-order valence-electron chi connectivity index (χ3n) is 1.89. The van der Waals surface area contributed by atoms with Gasteiger partial charge in [0.1, 0.15) is 19.7 Å². The van der Waals surface area contributed by atoms with Crippen LogP contribution < -0.4 is 18.6 Å². The van der Waals surface area contributed by atoms with Crippen molar-refractivity contribution in [1.82, 2.24) is 0 Å². The molecule has 0 aromatic carbocycles. The summed E-state index contributed by atoms with van der Waals surface area (Å²) in [5.74, 6) is 0. The number of methoxy groups -OCH3 is 1. The van der Waals surface area contributed by atoms with Gasteiger partial charge >= 0.3 is 0 Å². The molecule has 1 rings (SSSR count). The van der Waals surface area contributed by atoms with E-state index in [4.69, 9.17) is 23.4 Å². The maximum absolute atomic E-state index is 8.49. The van der Waals surface area contributed by atoms with E-state index in [1.165, 1.54) is 32.4 Å². The molecule has 0 spiro atoms. The number of rotatable bonds is 2. The Bertz CT molecular complexity index is 178. The van der Waals surface area contributed by atoms with Crippen molar-refractivity contribution in [2.45, 2.75) is 19.3 Å². The molecule has 0 aliphatic carbocycles. The molecular formula is C8H16ClNO5. The molecule has 1 fully saturated rings. The summed E-state index contributed by atoms with van der Waals surface area (Å²) in [4.78, 5) is 0. The van der Waals surface area contributed by atoms with E-state index in [1.54, 1.807) is 7.11 Å². The largest absolute Gasteiger partial charge is 0.374 e. The van der Waals surface area contributed by atoms with E-state index in [2.05, 4.69) is 10.8 Å². The Morgan fingerprint density at radius 2 is 1.60 bits per heavy atom. The van der Waals surface area contributed by atoms with Gasteiger partial charge in [-0.2, -0.15) is 0 Å². The summed E-state index contributed by atoms with van der Waals surface area (Å²) in [7, 11) is -3.21. The molecule has 0 aromatic heterocycles. The van der Waals surface area contributed by atoms with Crippen LogP contribution in [0.4, 0.5) is 0 Å². The second kappa shape index (κ2) is 7.98. The lowest BCUT2D eigenvalue weighted by Gasteiger charge is -2.17. The van der Waals surface area contributed by atoms with E-state index in [0.717, 1.165) is 6.61 Å². The normalized spacial score (nSPS) is 16.7. The highest BCUT2D eigenvalue weighted by atomic mass is 35.7. The van der Waals surface area contributed by atoms with Crippen LogP contribution in [0.25, 0.3) is 0 Å². The summed E-state index contributed by atoms with van der Waals surface area (Å²) in [6.07, 6.45) is 6.25. The van der Waals surface area contributed by atoms with Crippen LogP contribution >= 0.6 is 0 Å². The monoisotopic (exact) mass is 241 g/mol. The summed E-state index contributed by atoms with van der Waals surface area (Å²) in [6.45, 7) is 3.22. The first-order valence-electron chi connectivity index (χ1n) is 4.61. The van der Waals surface area contributed by atoms with Crippen LogP contribution in [0.5, 0.6) is 0 Å². The smallest absolute Gasteiger partial charge is 0.165 e. The zero-order valence-electron chi connectivity index (χ0n) is 8.69. The average Bonchev–Trinajstić information content (AvgIpc) is 2.14. The van der Waals surface area contributed by atoms with Gasteiger partial charge in [-0.3, -0.25) is 0 Å². The maximum Gasteiger partial charge on any atom is 0.165 e. The molecule has 0 atom stereocenters. The molecule has 6 nitrogen and oxygen atoms in total. The van der Waals surface area contributed by atoms with Crippen LogP contribution in [0.1, 0.15) is 19.3 Å². The fourth-order valence-electron chi connectivity index (χ4n) is 1.28. The molecule has 0 N–H and O–H groups in total. The zero-order valence-corrected chi connectivity index (χ0v) is 9.44. The Hall–Kier alpha value is -0.240. The first kappa shape index (κ1) is 14.8. The fraction of sp³-hybridized carbons (Fsp3) is 0.875. The number of halogens is 1. The standard InChI is InChI=1S/C8H16NO.ClHO4/c1-10-8-7-9-5-3-2-4-6-9;2-1(3,4)5/h7H,2-6,8H2,1H3;(H,2,3,4,5)/q+1;/p-1. The second-order valence-corrected chi connectivity index (χ2v) is 3.87. The Morgan fingerprint density at radius 1 is 1.13 bits per heavy atom. The fourth-order valence-corrected chi connectivity index (χ4v) is 1.28. The number of hydrogen-bond acceptors (Lipinski definition) is 5. The van der Waals surface area contributed by atoms with E-state index >= 15 is 0 Å². The van der Waals surface area contributed by atoms with Crippen LogP contribution in [0.15, 0.2) is 0 Å². The van der Waals surface area contributed by atoms with Crippen molar-refractivity contribution in [3.63, 3.8) is 0 Å². The van der Waals surface area contributed by atoms with Gasteiger partial charge in [-0.05, 0) is 6.42 Å². The second-order valence-electron chi connectivity index (χ2n) is 3.11. The molecule has 1 aliphatic rings. The Balaban J connectivity index is 0.000000336. The van der Waals surface area contributed by atoms with Crippen LogP contribution in [0.3, 0.4) is 0 Å². The van der Waals surface area contributed by atoms with Crippen molar-refractivity contribution in [3.05, 3.63) is 0 Å². The molecule has 0 aromatic rings. The molecular weight excluding hydrogens is 226 g/mol. The molecule has 0 bridgehead atoms. The molecule has 0 radical (unpaired) electrons. The predicted molar refractivity (Wildman–Crippen MR) is 41.8 cm³/mol. The number of hydrogen-bond donors (Lipinski definition) is 0. The van der Waals surface area contributed by atoms with Crippen molar-refractivity contribution in [2.75, 3.05) is 26.8 Å². The number of piperidine rings is 1.